The molecule has 4 rings (SSSR count). The van der Waals surface area contributed by atoms with E-state index in [1.807, 2.05) is 56.3 Å². The van der Waals surface area contributed by atoms with Gasteiger partial charge in [-0.1, -0.05) is 40.2 Å². The van der Waals surface area contributed by atoms with Gasteiger partial charge < -0.3 is 10.1 Å². The highest BCUT2D eigenvalue weighted by Crippen LogP contribution is 2.31. The van der Waals surface area contributed by atoms with Crippen LogP contribution in [0.3, 0.4) is 0 Å². The summed E-state index contributed by atoms with van der Waals surface area (Å²) in [5.41, 5.74) is 4.76. The summed E-state index contributed by atoms with van der Waals surface area (Å²) in [6.45, 7) is 4.38. The zero-order chi connectivity index (χ0) is 22.7. The number of amides is 1. The second-order valence-electron chi connectivity index (χ2n) is 7.36. The van der Waals surface area contributed by atoms with Crippen molar-refractivity contribution >= 4 is 50.5 Å². The van der Waals surface area contributed by atoms with Gasteiger partial charge >= 0.3 is 0 Å². The highest BCUT2D eigenvalue weighted by molar-refractivity contribution is 9.10. The first-order valence-corrected chi connectivity index (χ1v) is 11.5. The quantitative estimate of drug-likeness (QED) is 0.389. The lowest BCUT2D eigenvalue weighted by molar-refractivity contribution is -0.115. The van der Waals surface area contributed by atoms with E-state index in [0.717, 1.165) is 32.4 Å². The second-order valence-corrected chi connectivity index (χ2v) is 9.18. The molecule has 0 atom stereocenters. The van der Waals surface area contributed by atoms with Gasteiger partial charge in [0.2, 0.25) is 0 Å². The van der Waals surface area contributed by atoms with E-state index < -0.39 is 0 Å². The van der Waals surface area contributed by atoms with Crippen molar-refractivity contribution in [2.75, 3.05) is 0 Å². The number of nitrogens with zero attached hydrogens (tertiary/aromatic N) is 1. The molecule has 1 N–H and O–H groups in total. The maximum Gasteiger partial charge on any atom is 0.264 e. The topological polar surface area (TPSA) is 50.7 Å². The van der Waals surface area contributed by atoms with Gasteiger partial charge in [0.15, 0.2) is 5.17 Å². The monoisotopic (exact) mass is 510 g/mol. The van der Waals surface area contributed by atoms with Gasteiger partial charge in [0.25, 0.3) is 5.91 Å². The van der Waals surface area contributed by atoms with Crippen LogP contribution in [-0.2, 0) is 11.4 Å². The number of rotatable bonds is 5. The third-order valence-electron chi connectivity index (χ3n) is 4.80. The largest absolute Gasteiger partial charge is 0.489 e. The van der Waals surface area contributed by atoms with Crippen molar-refractivity contribution in [1.82, 2.24) is 5.32 Å². The van der Waals surface area contributed by atoms with E-state index in [-0.39, 0.29) is 11.7 Å². The van der Waals surface area contributed by atoms with Crippen molar-refractivity contribution in [3.05, 3.63) is 98.1 Å². The van der Waals surface area contributed by atoms with Crippen molar-refractivity contribution in [3.63, 3.8) is 0 Å². The lowest BCUT2D eigenvalue weighted by Gasteiger charge is -2.06. The summed E-state index contributed by atoms with van der Waals surface area (Å²) in [6.07, 6.45) is 1.82. The minimum absolute atomic E-state index is 0.170. The molecule has 0 aliphatic carbocycles. The van der Waals surface area contributed by atoms with Crippen molar-refractivity contribution < 1.29 is 13.9 Å². The molecule has 0 saturated carbocycles. The number of amidine groups is 1. The van der Waals surface area contributed by atoms with Crippen LogP contribution in [0.5, 0.6) is 5.75 Å². The summed E-state index contributed by atoms with van der Waals surface area (Å²) in [5.74, 6) is 0.259. The number of halogens is 2. The first kappa shape index (κ1) is 22.3. The van der Waals surface area contributed by atoms with Crippen LogP contribution >= 0.6 is 27.7 Å². The summed E-state index contributed by atoms with van der Waals surface area (Å²) in [6, 6.07) is 17.6. The molecule has 0 bridgehead atoms. The molecule has 1 saturated heterocycles. The lowest BCUT2D eigenvalue weighted by Crippen LogP contribution is -2.19. The molecular formula is C25H20BrFN2O2S. The van der Waals surface area contributed by atoms with E-state index in [1.54, 1.807) is 12.1 Å². The van der Waals surface area contributed by atoms with Crippen molar-refractivity contribution in [3.8, 4) is 5.75 Å². The summed E-state index contributed by atoms with van der Waals surface area (Å²) in [7, 11) is 0. The molecule has 1 aliphatic heterocycles. The van der Waals surface area contributed by atoms with Gasteiger partial charge in [0.1, 0.15) is 18.2 Å². The van der Waals surface area contributed by atoms with E-state index in [1.165, 1.54) is 23.9 Å². The predicted molar refractivity (Wildman–Crippen MR) is 132 cm³/mol. The molecule has 7 heteroatoms. The number of aliphatic imine (C=N–C) groups is 1. The Balaban J connectivity index is 1.42. The lowest BCUT2D eigenvalue weighted by atomic mass is 10.1. The van der Waals surface area contributed by atoms with Crippen LogP contribution in [0.4, 0.5) is 10.1 Å². The van der Waals surface area contributed by atoms with Gasteiger partial charge in [-0.2, -0.15) is 0 Å². The molecule has 0 radical (unpaired) electrons. The van der Waals surface area contributed by atoms with Gasteiger partial charge in [-0.15, -0.1) is 0 Å². The van der Waals surface area contributed by atoms with Crippen LogP contribution in [0.2, 0.25) is 0 Å². The van der Waals surface area contributed by atoms with Crippen molar-refractivity contribution in [2.24, 2.45) is 4.99 Å². The van der Waals surface area contributed by atoms with Crippen LogP contribution in [0, 0.1) is 19.7 Å². The van der Waals surface area contributed by atoms with Crippen LogP contribution in [0.1, 0.15) is 22.3 Å². The first-order chi connectivity index (χ1) is 15.4. The Labute approximate surface area is 198 Å². The molecule has 0 spiro atoms. The van der Waals surface area contributed by atoms with E-state index >= 15 is 0 Å². The molecule has 3 aromatic rings. The number of ether oxygens (including phenoxy) is 1. The number of benzene rings is 3. The van der Waals surface area contributed by atoms with Crippen LogP contribution in [0.25, 0.3) is 6.08 Å². The van der Waals surface area contributed by atoms with Gasteiger partial charge in [0, 0.05) is 4.47 Å². The number of carbonyl (C=O) groups is 1. The van der Waals surface area contributed by atoms with Gasteiger partial charge in [-0.3, -0.25) is 4.79 Å². The maximum atomic E-state index is 13.0. The highest BCUT2D eigenvalue weighted by Gasteiger charge is 2.23. The molecule has 4 nitrogen and oxygen atoms in total. The maximum absolute atomic E-state index is 13.0. The predicted octanol–water partition coefficient (Wildman–Crippen LogP) is 6.68. The fourth-order valence-corrected chi connectivity index (χ4v) is 4.22. The number of hydrogen-bond acceptors (Lipinski definition) is 4. The molecule has 1 heterocycles. The number of carbonyl (C=O) groups excluding carboxylic acids is 1. The molecule has 162 valence electrons. The zero-order valence-electron chi connectivity index (χ0n) is 17.5. The third-order valence-corrected chi connectivity index (χ3v) is 6.96. The summed E-state index contributed by atoms with van der Waals surface area (Å²) >= 11 is 4.87. The molecule has 32 heavy (non-hydrogen) atoms. The van der Waals surface area contributed by atoms with Gasteiger partial charge in [0.05, 0.1) is 10.6 Å². The minimum Gasteiger partial charge on any atom is -0.489 e. The Morgan fingerprint density at radius 2 is 1.72 bits per heavy atom. The minimum atomic E-state index is -0.268. The molecule has 1 fully saturated rings. The molecule has 1 amide bonds. The Bertz CT molecular complexity index is 1200. The Morgan fingerprint density at radius 3 is 2.38 bits per heavy atom. The van der Waals surface area contributed by atoms with Crippen LogP contribution in [-0.4, -0.2) is 11.1 Å². The molecular weight excluding hydrogens is 491 g/mol. The van der Waals surface area contributed by atoms with E-state index in [4.69, 9.17) is 4.74 Å². The van der Waals surface area contributed by atoms with Gasteiger partial charge in [-0.05, 0) is 90.3 Å². The van der Waals surface area contributed by atoms with Crippen molar-refractivity contribution in [2.45, 2.75) is 20.5 Å². The van der Waals surface area contributed by atoms with E-state index in [9.17, 15) is 9.18 Å². The fraction of sp³-hybridized carbons (Fsp3) is 0.120. The zero-order valence-corrected chi connectivity index (χ0v) is 19.9. The number of hydrogen-bond donors (Lipinski definition) is 1. The summed E-state index contributed by atoms with van der Waals surface area (Å²) < 4.78 is 19.8. The summed E-state index contributed by atoms with van der Waals surface area (Å²) in [4.78, 5) is 17.5. The molecule has 3 aromatic carbocycles. The first-order valence-electron chi connectivity index (χ1n) is 9.91. The fourth-order valence-electron chi connectivity index (χ4n) is 3.14. The van der Waals surface area contributed by atoms with Crippen LogP contribution < -0.4 is 10.1 Å². The van der Waals surface area contributed by atoms with E-state index in [2.05, 4.69) is 26.2 Å². The average Bonchev–Trinajstić information content (AvgIpc) is 3.11. The van der Waals surface area contributed by atoms with E-state index in [0.29, 0.717) is 22.4 Å². The number of aryl methyl sites for hydroxylation is 2. The third kappa shape index (κ3) is 5.47. The van der Waals surface area contributed by atoms with Gasteiger partial charge in [-0.25, -0.2) is 9.38 Å². The molecule has 0 unspecified atom stereocenters. The Kier molecular flexibility index (Phi) is 6.77. The molecule has 0 aromatic heterocycles. The summed E-state index contributed by atoms with van der Waals surface area (Å²) in [5, 5.41) is 3.38. The van der Waals surface area contributed by atoms with Crippen LogP contribution in [0.15, 0.2) is 75.0 Å². The normalized spacial score (nSPS) is 15.9. The number of nitrogens with one attached hydrogen (secondary N) is 1. The van der Waals surface area contributed by atoms with Crippen molar-refractivity contribution in [1.29, 1.82) is 0 Å². The second kappa shape index (κ2) is 9.71. The Hall–Kier alpha value is -2.90. The Morgan fingerprint density at radius 1 is 1.06 bits per heavy atom. The highest BCUT2D eigenvalue weighted by atomic mass is 79.9. The standard InChI is InChI=1S/C25H20BrFN2O2S/c1-15-11-20(12-16(2)23(15)26)28-25-29-24(30)22(32-25)13-17-5-9-21(10-6-17)31-14-18-3-7-19(27)8-4-18/h3-13H,14H2,1-2H3,(H,28,29,30)/b22-13-. The number of thioether (sulfide) groups is 1. The SMILES string of the molecule is Cc1cc(N=C2NC(=O)/C(=C/c3ccc(OCc4ccc(F)cc4)cc3)S2)cc(C)c1Br. The average molecular weight is 511 g/mol. The smallest absolute Gasteiger partial charge is 0.264 e. The molecule has 1 aliphatic rings.